The van der Waals surface area contributed by atoms with Gasteiger partial charge in [-0.05, 0) is 43.5 Å². The second-order valence-corrected chi connectivity index (χ2v) is 7.07. The number of carbonyl (C=O) groups excluding carboxylic acids is 1. The van der Waals surface area contributed by atoms with E-state index in [1.54, 1.807) is 7.05 Å². The highest BCUT2D eigenvalue weighted by Gasteiger charge is 2.23. The van der Waals surface area contributed by atoms with Crippen LogP contribution in [-0.4, -0.2) is 67.5 Å². The summed E-state index contributed by atoms with van der Waals surface area (Å²) in [4.78, 5) is 21.2. The first-order valence-corrected chi connectivity index (χ1v) is 9.74. The normalized spacial score (nSPS) is 20.0. The smallest absolute Gasteiger partial charge is 0.242 e. The van der Waals surface area contributed by atoms with E-state index in [4.69, 9.17) is 0 Å². The van der Waals surface area contributed by atoms with Crippen LogP contribution in [0, 0.1) is 0 Å². The molecule has 2 heterocycles. The Hall–Kier alpha value is -1.35. The summed E-state index contributed by atoms with van der Waals surface area (Å²) in [5.74, 6) is 0.831. The maximum absolute atomic E-state index is 12.6. The van der Waals surface area contributed by atoms with Crippen molar-refractivity contribution < 1.29 is 4.79 Å². The Balaban J connectivity index is 0.00000261. The lowest BCUT2D eigenvalue weighted by Crippen LogP contribution is -2.48. The summed E-state index contributed by atoms with van der Waals surface area (Å²) < 4.78 is 0. The highest BCUT2D eigenvalue weighted by molar-refractivity contribution is 14.0. The number of nitrogens with zero attached hydrogens (tertiary/aromatic N) is 3. The van der Waals surface area contributed by atoms with Crippen LogP contribution in [0.1, 0.15) is 30.9 Å². The van der Waals surface area contributed by atoms with Crippen molar-refractivity contribution in [2.24, 2.45) is 4.99 Å². The van der Waals surface area contributed by atoms with Gasteiger partial charge in [-0.3, -0.25) is 14.7 Å². The maximum atomic E-state index is 12.6. The van der Waals surface area contributed by atoms with Crippen LogP contribution in [0.15, 0.2) is 29.3 Å². The SMILES string of the molecule is CCN1CCCC1CNC(=NC)NCC(=O)N1CCc2ccccc2C1.I. The zero-order valence-electron chi connectivity index (χ0n) is 16.4. The fourth-order valence-electron chi connectivity index (χ4n) is 3.96. The van der Waals surface area contributed by atoms with E-state index in [0.29, 0.717) is 18.5 Å². The van der Waals surface area contributed by atoms with Crippen LogP contribution >= 0.6 is 24.0 Å². The molecule has 3 rings (SSSR count). The molecule has 1 unspecified atom stereocenters. The van der Waals surface area contributed by atoms with Crippen molar-refractivity contribution in [2.45, 2.75) is 38.8 Å². The number of likely N-dealkylation sites (N-methyl/N-ethyl adjacent to an activating group) is 1. The molecule has 0 spiro atoms. The fourth-order valence-corrected chi connectivity index (χ4v) is 3.96. The molecule has 0 radical (unpaired) electrons. The molecule has 150 valence electrons. The van der Waals surface area contributed by atoms with Crippen molar-refractivity contribution in [1.29, 1.82) is 0 Å². The van der Waals surface area contributed by atoms with Crippen LogP contribution < -0.4 is 10.6 Å². The van der Waals surface area contributed by atoms with Crippen LogP contribution in [0.25, 0.3) is 0 Å². The van der Waals surface area contributed by atoms with Gasteiger partial charge in [0, 0.05) is 32.7 Å². The van der Waals surface area contributed by atoms with Crippen molar-refractivity contribution in [1.82, 2.24) is 20.4 Å². The van der Waals surface area contributed by atoms with Gasteiger partial charge in [0.05, 0.1) is 6.54 Å². The van der Waals surface area contributed by atoms with Crippen molar-refractivity contribution >= 4 is 35.8 Å². The number of guanidine groups is 1. The molecule has 0 aliphatic carbocycles. The first-order valence-electron chi connectivity index (χ1n) is 9.74. The lowest BCUT2D eigenvalue weighted by molar-refractivity contribution is -0.130. The lowest BCUT2D eigenvalue weighted by atomic mass is 10.00. The molecule has 1 saturated heterocycles. The average Bonchev–Trinajstić information content (AvgIpc) is 3.15. The van der Waals surface area contributed by atoms with Crippen LogP contribution in [0.5, 0.6) is 0 Å². The standard InChI is InChI=1S/C20H31N5O.HI/c1-3-24-11-6-9-18(24)13-22-20(21-2)23-14-19(26)25-12-10-16-7-4-5-8-17(16)15-25;/h4-5,7-8,18H,3,6,9-15H2,1-2H3,(H2,21,22,23);1H. The molecular formula is C20H32IN5O. The van der Waals surface area contributed by atoms with E-state index in [-0.39, 0.29) is 36.4 Å². The third-order valence-electron chi connectivity index (χ3n) is 5.52. The van der Waals surface area contributed by atoms with E-state index in [1.165, 1.54) is 30.5 Å². The summed E-state index contributed by atoms with van der Waals surface area (Å²) in [5, 5.41) is 6.55. The second kappa shape index (κ2) is 10.8. The number of carbonyl (C=O) groups is 1. The number of hydrogen-bond acceptors (Lipinski definition) is 3. The molecule has 0 bridgehead atoms. The zero-order chi connectivity index (χ0) is 18.4. The molecule has 27 heavy (non-hydrogen) atoms. The van der Waals surface area contributed by atoms with Crippen LogP contribution in [0.2, 0.25) is 0 Å². The minimum absolute atomic E-state index is 0. The summed E-state index contributed by atoms with van der Waals surface area (Å²) in [5.41, 5.74) is 2.62. The van der Waals surface area contributed by atoms with Crippen LogP contribution in [0.4, 0.5) is 0 Å². The maximum Gasteiger partial charge on any atom is 0.242 e. The van der Waals surface area contributed by atoms with Crippen molar-refractivity contribution in [3.05, 3.63) is 35.4 Å². The van der Waals surface area contributed by atoms with Gasteiger partial charge >= 0.3 is 0 Å². The van der Waals surface area contributed by atoms with Crippen LogP contribution in [-0.2, 0) is 17.8 Å². The molecule has 1 aromatic carbocycles. The number of hydrogen-bond donors (Lipinski definition) is 2. The molecule has 0 aromatic heterocycles. The van der Waals surface area contributed by atoms with E-state index < -0.39 is 0 Å². The highest BCUT2D eigenvalue weighted by Crippen LogP contribution is 2.18. The van der Waals surface area contributed by atoms with Crippen molar-refractivity contribution in [3.8, 4) is 0 Å². The molecule has 1 atom stereocenters. The van der Waals surface area contributed by atoms with Gasteiger partial charge in [0.25, 0.3) is 0 Å². The van der Waals surface area contributed by atoms with E-state index in [9.17, 15) is 4.79 Å². The van der Waals surface area contributed by atoms with Gasteiger partial charge in [-0.15, -0.1) is 24.0 Å². The van der Waals surface area contributed by atoms with E-state index in [1.807, 2.05) is 11.0 Å². The summed E-state index contributed by atoms with van der Waals surface area (Å²) in [6.45, 7) is 7.13. The third kappa shape index (κ3) is 5.81. The van der Waals surface area contributed by atoms with E-state index in [2.05, 4.69) is 45.6 Å². The fraction of sp³-hybridized carbons (Fsp3) is 0.600. The first-order chi connectivity index (χ1) is 12.7. The molecule has 2 aliphatic rings. The van der Waals surface area contributed by atoms with Gasteiger partial charge < -0.3 is 15.5 Å². The molecule has 6 nitrogen and oxygen atoms in total. The molecule has 1 fully saturated rings. The van der Waals surface area contributed by atoms with Crippen molar-refractivity contribution in [3.63, 3.8) is 0 Å². The predicted octanol–water partition coefficient (Wildman–Crippen LogP) is 1.84. The topological polar surface area (TPSA) is 60.0 Å². The highest BCUT2D eigenvalue weighted by atomic mass is 127. The Labute approximate surface area is 179 Å². The van der Waals surface area contributed by atoms with E-state index in [0.717, 1.165) is 26.1 Å². The minimum atomic E-state index is 0. The zero-order valence-corrected chi connectivity index (χ0v) is 18.7. The van der Waals surface area contributed by atoms with Gasteiger partial charge in [0.15, 0.2) is 5.96 Å². The van der Waals surface area contributed by atoms with E-state index >= 15 is 0 Å². The number of halogens is 1. The van der Waals surface area contributed by atoms with Gasteiger partial charge in [0.2, 0.25) is 5.91 Å². The number of likely N-dealkylation sites (tertiary alicyclic amines) is 1. The quantitative estimate of drug-likeness (QED) is 0.380. The van der Waals surface area contributed by atoms with Gasteiger partial charge in [-0.1, -0.05) is 31.2 Å². The molecule has 2 aliphatic heterocycles. The van der Waals surface area contributed by atoms with Crippen LogP contribution in [0.3, 0.4) is 0 Å². The second-order valence-electron chi connectivity index (χ2n) is 7.07. The average molecular weight is 485 g/mol. The summed E-state index contributed by atoms with van der Waals surface area (Å²) in [6, 6.07) is 8.94. The Kier molecular flexibility index (Phi) is 8.82. The Morgan fingerprint density at radius 1 is 1.22 bits per heavy atom. The first kappa shape index (κ1) is 21.9. The molecule has 1 amide bonds. The number of rotatable bonds is 5. The molecule has 7 heteroatoms. The Morgan fingerprint density at radius 2 is 2.00 bits per heavy atom. The number of benzene rings is 1. The Morgan fingerprint density at radius 3 is 2.74 bits per heavy atom. The summed E-state index contributed by atoms with van der Waals surface area (Å²) in [6.07, 6.45) is 3.43. The number of aliphatic imine (C=N–C) groups is 1. The van der Waals surface area contributed by atoms with Gasteiger partial charge in [-0.2, -0.15) is 0 Å². The van der Waals surface area contributed by atoms with Crippen molar-refractivity contribution in [2.75, 3.05) is 39.8 Å². The third-order valence-corrected chi connectivity index (χ3v) is 5.52. The molecule has 1 aromatic rings. The van der Waals surface area contributed by atoms with Gasteiger partial charge in [0.1, 0.15) is 0 Å². The molecule has 0 saturated carbocycles. The number of nitrogens with one attached hydrogen (secondary N) is 2. The predicted molar refractivity (Wildman–Crippen MR) is 121 cm³/mol. The number of fused-ring (bicyclic) bond motifs is 1. The largest absolute Gasteiger partial charge is 0.355 e. The monoisotopic (exact) mass is 485 g/mol. The Bertz CT molecular complexity index is 651. The van der Waals surface area contributed by atoms with Gasteiger partial charge in [-0.25, -0.2) is 0 Å². The minimum Gasteiger partial charge on any atom is -0.355 e. The summed E-state index contributed by atoms with van der Waals surface area (Å²) in [7, 11) is 1.75. The summed E-state index contributed by atoms with van der Waals surface area (Å²) >= 11 is 0. The molecular weight excluding hydrogens is 453 g/mol. The number of amides is 1. The molecule has 2 N–H and O–H groups in total. The lowest BCUT2D eigenvalue weighted by Gasteiger charge is -2.29.